The van der Waals surface area contributed by atoms with Gasteiger partial charge in [-0.15, -0.1) is 0 Å². The number of esters is 1. The molecule has 0 aromatic carbocycles. The first-order chi connectivity index (χ1) is 12.1. The van der Waals surface area contributed by atoms with Gasteiger partial charge < -0.3 is 9.84 Å². The molecule has 0 radical (unpaired) electrons. The molecule has 0 amide bonds. The number of allylic oxidation sites excluding steroid dienone is 3. The highest BCUT2D eigenvalue weighted by molar-refractivity contribution is 5.96. The molecule has 0 spiro atoms. The summed E-state index contributed by atoms with van der Waals surface area (Å²) < 4.78 is 5.55. The van der Waals surface area contributed by atoms with E-state index in [-0.39, 0.29) is 29.7 Å². The van der Waals surface area contributed by atoms with Crippen molar-refractivity contribution in [2.24, 2.45) is 22.7 Å². The minimum absolute atomic E-state index is 0.0679. The molecule has 4 nitrogen and oxygen atoms in total. The normalized spacial score (nSPS) is 37.2. The maximum absolute atomic E-state index is 13.2. The van der Waals surface area contributed by atoms with Crippen molar-refractivity contribution in [3.8, 4) is 0 Å². The summed E-state index contributed by atoms with van der Waals surface area (Å²) in [4.78, 5) is 24.8. The summed E-state index contributed by atoms with van der Waals surface area (Å²) in [6, 6.07) is 0. The monoisotopic (exact) mass is 360 g/mol. The summed E-state index contributed by atoms with van der Waals surface area (Å²) in [5.41, 5.74) is 3.14. The van der Waals surface area contributed by atoms with E-state index in [4.69, 9.17) is 4.74 Å². The number of fused-ring (bicyclic) bond motifs is 3. The molecule has 26 heavy (non-hydrogen) atoms. The van der Waals surface area contributed by atoms with Gasteiger partial charge in [0, 0.05) is 12.3 Å². The van der Waals surface area contributed by atoms with E-state index in [0.717, 1.165) is 25.7 Å². The summed E-state index contributed by atoms with van der Waals surface area (Å²) in [7, 11) is 0. The molecule has 3 aliphatic rings. The van der Waals surface area contributed by atoms with Crippen LogP contribution < -0.4 is 0 Å². The Labute approximate surface area is 156 Å². The fourth-order valence-electron chi connectivity index (χ4n) is 5.54. The predicted molar refractivity (Wildman–Crippen MR) is 100 cm³/mol. The number of ketones is 1. The highest BCUT2D eigenvalue weighted by Crippen LogP contribution is 2.62. The van der Waals surface area contributed by atoms with Crippen LogP contribution in [0.15, 0.2) is 22.8 Å². The average Bonchev–Trinajstić information content (AvgIpc) is 2.87. The Hall–Kier alpha value is -1.42. The molecule has 144 valence electrons. The van der Waals surface area contributed by atoms with Gasteiger partial charge in [-0.25, -0.2) is 0 Å². The van der Waals surface area contributed by atoms with Gasteiger partial charge in [-0.2, -0.15) is 0 Å². The number of aliphatic hydroxyl groups is 1. The Morgan fingerprint density at radius 1 is 1.31 bits per heavy atom. The molecule has 1 fully saturated rings. The van der Waals surface area contributed by atoms with Gasteiger partial charge in [0.1, 0.15) is 6.10 Å². The molecule has 1 N–H and O–H groups in total. The quantitative estimate of drug-likeness (QED) is 0.611. The molecule has 0 aromatic rings. The number of ether oxygens (including phenoxy) is 1. The first kappa shape index (κ1) is 19.3. The van der Waals surface area contributed by atoms with Gasteiger partial charge in [-0.05, 0) is 61.0 Å². The highest BCUT2D eigenvalue weighted by Gasteiger charge is 2.55. The zero-order valence-corrected chi connectivity index (χ0v) is 16.7. The number of carbonyl (C=O) groups excluding carboxylic acids is 2. The van der Waals surface area contributed by atoms with Crippen LogP contribution in [0.25, 0.3) is 0 Å². The number of hydrogen-bond donors (Lipinski definition) is 1. The molecule has 4 unspecified atom stereocenters. The van der Waals surface area contributed by atoms with Crippen molar-refractivity contribution in [1.29, 1.82) is 0 Å². The van der Waals surface area contributed by atoms with Gasteiger partial charge in [0.25, 0.3) is 0 Å². The fourth-order valence-corrected chi connectivity index (χ4v) is 5.54. The van der Waals surface area contributed by atoms with Gasteiger partial charge in [0.15, 0.2) is 5.78 Å². The molecule has 0 heterocycles. The van der Waals surface area contributed by atoms with Gasteiger partial charge in [-0.3, -0.25) is 9.59 Å². The van der Waals surface area contributed by atoms with Crippen molar-refractivity contribution < 1.29 is 19.4 Å². The van der Waals surface area contributed by atoms with Crippen LogP contribution in [0.5, 0.6) is 0 Å². The zero-order valence-electron chi connectivity index (χ0n) is 16.7. The number of carbonyl (C=O) groups is 2. The molecular weight excluding hydrogens is 328 g/mol. The van der Waals surface area contributed by atoms with Crippen molar-refractivity contribution in [1.82, 2.24) is 0 Å². The summed E-state index contributed by atoms with van der Waals surface area (Å²) in [6.07, 6.45) is 5.76. The second-order valence-corrected chi connectivity index (χ2v) is 9.20. The Kier molecular flexibility index (Phi) is 4.93. The lowest BCUT2D eigenvalue weighted by Crippen LogP contribution is -2.45. The summed E-state index contributed by atoms with van der Waals surface area (Å²) in [5, 5.41) is 9.79. The maximum Gasteiger partial charge on any atom is 0.303 e. The molecule has 0 bridgehead atoms. The van der Waals surface area contributed by atoms with Crippen molar-refractivity contribution in [3.05, 3.63) is 22.8 Å². The first-order valence-electron chi connectivity index (χ1n) is 9.89. The second kappa shape index (κ2) is 6.63. The molecule has 4 heteroatoms. The maximum atomic E-state index is 13.2. The third-order valence-electron chi connectivity index (χ3n) is 7.19. The lowest BCUT2D eigenvalue weighted by atomic mass is 9.54. The Morgan fingerprint density at radius 3 is 2.58 bits per heavy atom. The van der Waals surface area contributed by atoms with E-state index in [0.29, 0.717) is 17.9 Å². The molecule has 3 rings (SSSR count). The van der Waals surface area contributed by atoms with Gasteiger partial charge >= 0.3 is 5.97 Å². The number of hydrogen-bond acceptors (Lipinski definition) is 4. The van der Waals surface area contributed by atoms with Crippen LogP contribution in [0.2, 0.25) is 0 Å². The molecule has 3 aliphatic carbocycles. The highest BCUT2D eigenvalue weighted by atomic mass is 16.5. The summed E-state index contributed by atoms with van der Waals surface area (Å²) in [5.74, 6) is 0.238. The number of aliphatic hydroxyl groups excluding tert-OH is 1. The zero-order chi connectivity index (χ0) is 19.3. The van der Waals surface area contributed by atoms with Crippen molar-refractivity contribution >= 4 is 11.8 Å². The van der Waals surface area contributed by atoms with Crippen molar-refractivity contribution in [2.75, 3.05) is 6.61 Å². The standard InChI is InChI=1S/C22H32O4/c1-13(2)16-6-7-21(4)8-9-22(5)17(20(16)21)11-18(26-14(3)24)15(12-23)10-19(22)25/h10,13,17-18,23H,6-9,11-12H2,1-5H3. The molecule has 1 saturated carbocycles. The fraction of sp³-hybridized carbons (Fsp3) is 0.727. The van der Waals surface area contributed by atoms with E-state index in [9.17, 15) is 14.7 Å². The predicted octanol–water partition coefficient (Wildman–Crippen LogP) is 3.98. The van der Waals surface area contributed by atoms with Gasteiger partial charge in [0.05, 0.1) is 6.61 Å². The van der Waals surface area contributed by atoms with Gasteiger partial charge in [-0.1, -0.05) is 38.8 Å². The molecule has 4 atom stereocenters. The van der Waals surface area contributed by atoms with Crippen LogP contribution in [0.1, 0.15) is 66.7 Å². The SMILES string of the molecule is CC(=O)OC1CC2C3=C(C(C)C)CCC3(C)CCC2(C)C(=O)C=C1CO. The van der Waals surface area contributed by atoms with E-state index in [1.54, 1.807) is 6.08 Å². The van der Waals surface area contributed by atoms with Crippen LogP contribution in [-0.4, -0.2) is 29.6 Å². The lowest BCUT2D eigenvalue weighted by molar-refractivity contribution is -0.145. The van der Waals surface area contributed by atoms with Crippen LogP contribution in [0, 0.1) is 22.7 Å². The number of rotatable bonds is 3. The Balaban J connectivity index is 2.12. The minimum Gasteiger partial charge on any atom is -0.458 e. The van der Waals surface area contributed by atoms with Crippen molar-refractivity contribution in [3.63, 3.8) is 0 Å². The second-order valence-electron chi connectivity index (χ2n) is 9.20. The van der Waals surface area contributed by atoms with E-state index in [2.05, 4.69) is 27.7 Å². The summed E-state index contributed by atoms with van der Waals surface area (Å²) >= 11 is 0. The summed E-state index contributed by atoms with van der Waals surface area (Å²) in [6.45, 7) is 10.0. The lowest BCUT2D eigenvalue weighted by Gasteiger charge is -2.49. The molecule has 0 aliphatic heterocycles. The molecule has 0 aromatic heterocycles. The Bertz CT molecular complexity index is 686. The van der Waals surface area contributed by atoms with E-state index in [1.165, 1.54) is 18.1 Å². The first-order valence-corrected chi connectivity index (χ1v) is 9.89. The smallest absolute Gasteiger partial charge is 0.303 e. The molecule has 0 saturated heterocycles. The van der Waals surface area contributed by atoms with E-state index in [1.807, 2.05) is 0 Å². The third kappa shape index (κ3) is 2.96. The van der Waals surface area contributed by atoms with Crippen LogP contribution >= 0.6 is 0 Å². The average molecular weight is 360 g/mol. The Morgan fingerprint density at radius 2 is 2.00 bits per heavy atom. The van der Waals surface area contributed by atoms with Crippen LogP contribution in [0.3, 0.4) is 0 Å². The third-order valence-corrected chi connectivity index (χ3v) is 7.19. The van der Waals surface area contributed by atoms with E-state index < -0.39 is 11.5 Å². The van der Waals surface area contributed by atoms with E-state index >= 15 is 0 Å². The molecular formula is C22H32O4. The van der Waals surface area contributed by atoms with Gasteiger partial charge in [0.2, 0.25) is 0 Å². The van der Waals surface area contributed by atoms with Crippen LogP contribution in [-0.2, 0) is 14.3 Å². The van der Waals surface area contributed by atoms with Crippen LogP contribution in [0.4, 0.5) is 0 Å². The largest absolute Gasteiger partial charge is 0.458 e. The van der Waals surface area contributed by atoms with Crippen molar-refractivity contribution in [2.45, 2.75) is 72.8 Å². The minimum atomic E-state index is -0.517. The topological polar surface area (TPSA) is 63.6 Å².